The molecule has 5 nitrogen and oxygen atoms in total. The van der Waals surface area contributed by atoms with Gasteiger partial charge in [-0.05, 0) is 61.3 Å². The smallest absolute Gasteiger partial charge is 0.221 e. The van der Waals surface area contributed by atoms with E-state index in [0.29, 0.717) is 32.1 Å². The van der Waals surface area contributed by atoms with Crippen LogP contribution >= 0.6 is 0 Å². The van der Waals surface area contributed by atoms with Crippen LogP contribution in [-0.4, -0.2) is 25.7 Å². The van der Waals surface area contributed by atoms with Gasteiger partial charge in [0.1, 0.15) is 13.2 Å². The van der Waals surface area contributed by atoms with E-state index in [-0.39, 0.29) is 17.4 Å². The number of fused-ring (bicyclic) bond motifs is 1. The topological polar surface area (TPSA) is 73.6 Å². The van der Waals surface area contributed by atoms with Crippen LogP contribution in [0.5, 0.6) is 11.5 Å². The molecular formula is C21H30N2O3. The number of hydrogen-bond donors (Lipinski definition) is 2. The van der Waals surface area contributed by atoms with Gasteiger partial charge in [-0.25, -0.2) is 0 Å². The highest BCUT2D eigenvalue weighted by molar-refractivity contribution is 5.77. The summed E-state index contributed by atoms with van der Waals surface area (Å²) in [5.41, 5.74) is 7.19. The highest BCUT2D eigenvalue weighted by Gasteiger charge is 2.37. The average molecular weight is 358 g/mol. The molecule has 3 aliphatic rings. The van der Waals surface area contributed by atoms with Gasteiger partial charge < -0.3 is 20.5 Å². The number of carbonyl (C=O) groups excluding carboxylic acids is 1. The second-order valence-corrected chi connectivity index (χ2v) is 8.23. The molecule has 4 rings (SSSR count). The van der Waals surface area contributed by atoms with Crippen molar-refractivity contribution in [1.29, 1.82) is 0 Å². The summed E-state index contributed by atoms with van der Waals surface area (Å²) in [5, 5.41) is 3.32. The fourth-order valence-electron chi connectivity index (χ4n) is 4.48. The number of benzene rings is 1. The molecule has 0 radical (unpaired) electrons. The van der Waals surface area contributed by atoms with Crippen LogP contribution < -0.4 is 20.5 Å². The first-order valence-electron chi connectivity index (χ1n) is 10.1. The molecule has 1 amide bonds. The molecule has 1 unspecified atom stereocenters. The number of amides is 1. The summed E-state index contributed by atoms with van der Waals surface area (Å²) in [5.74, 6) is 2.26. The maximum Gasteiger partial charge on any atom is 0.221 e. The van der Waals surface area contributed by atoms with Gasteiger partial charge in [-0.15, -0.1) is 0 Å². The molecule has 0 saturated heterocycles. The van der Waals surface area contributed by atoms with Crippen LogP contribution in [0.3, 0.4) is 0 Å². The number of nitrogens with two attached hydrogens (primary N) is 1. The van der Waals surface area contributed by atoms with Crippen LogP contribution in [-0.2, 0) is 4.79 Å². The van der Waals surface area contributed by atoms with E-state index in [1.165, 1.54) is 32.1 Å². The van der Waals surface area contributed by atoms with Crippen LogP contribution in [0.25, 0.3) is 0 Å². The molecule has 1 heterocycles. The van der Waals surface area contributed by atoms with Crippen LogP contribution in [0.15, 0.2) is 18.2 Å². The highest BCUT2D eigenvalue weighted by Crippen LogP contribution is 2.44. The average Bonchev–Trinajstić information content (AvgIpc) is 3.51. The van der Waals surface area contributed by atoms with Crippen LogP contribution in [0.1, 0.15) is 63.0 Å². The van der Waals surface area contributed by atoms with E-state index in [4.69, 9.17) is 15.2 Å². The second-order valence-electron chi connectivity index (χ2n) is 8.23. The maximum absolute atomic E-state index is 12.9. The molecule has 0 spiro atoms. The van der Waals surface area contributed by atoms with Gasteiger partial charge in [0.2, 0.25) is 5.91 Å². The third-order valence-corrected chi connectivity index (χ3v) is 6.22. The Morgan fingerprint density at radius 2 is 1.88 bits per heavy atom. The number of rotatable bonds is 6. The third kappa shape index (κ3) is 3.83. The number of ether oxygens (including phenoxy) is 2. The van der Waals surface area contributed by atoms with Crippen molar-refractivity contribution in [2.75, 3.05) is 19.8 Å². The number of nitrogens with one attached hydrogen (secondary N) is 1. The lowest BCUT2D eigenvalue weighted by Crippen LogP contribution is -2.40. The van der Waals surface area contributed by atoms with Gasteiger partial charge in [0.15, 0.2) is 11.5 Å². The minimum atomic E-state index is 0.00321. The molecule has 142 valence electrons. The lowest BCUT2D eigenvalue weighted by molar-refractivity contribution is -0.124. The summed E-state index contributed by atoms with van der Waals surface area (Å²) < 4.78 is 11.3. The number of hydrogen-bond acceptors (Lipinski definition) is 4. The molecule has 1 atom stereocenters. The van der Waals surface area contributed by atoms with E-state index in [0.717, 1.165) is 29.9 Å². The summed E-state index contributed by atoms with van der Waals surface area (Å²) >= 11 is 0. The van der Waals surface area contributed by atoms with Crippen LogP contribution in [0.4, 0.5) is 0 Å². The summed E-state index contributed by atoms with van der Waals surface area (Å²) in [6, 6.07) is 6.14. The summed E-state index contributed by atoms with van der Waals surface area (Å²) in [7, 11) is 0. The van der Waals surface area contributed by atoms with E-state index in [1.54, 1.807) is 0 Å². The van der Waals surface area contributed by atoms with E-state index >= 15 is 0 Å². The molecule has 26 heavy (non-hydrogen) atoms. The SMILES string of the molecule is NCC1(CC(=O)NC(c2ccc3c(c2)OCCO3)C2CC2)CCCCC1. The molecule has 1 aromatic rings. The van der Waals surface area contributed by atoms with Gasteiger partial charge >= 0.3 is 0 Å². The Kier molecular flexibility index (Phi) is 5.07. The van der Waals surface area contributed by atoms with Gasteiger partial charge in [-0.3, -0.25) is 4.79 Å². The van der Waals surface area contributed by atoms with Gasteiger partial charge in [0.05, 0.1) is 6.04 Å². The predicted octanol–water partition coefficient (Wildman–Crippen LogP) is 3.32. The first kappa shape index (κ1) is 17.7. The molecule has 3 N–H and O–H groups in total. The molecule has 1 aromatic carbocycles. The molecule has 2 aliphatic carbocycles. The van der Waals surface area contributed by atoms with Gasteiger partial charge in [-0.2, -0.15) is 0 Å². The van der Waals surface area contributed by atoms with Crippen molar-refractivity contribution < 1.29 is 14.3 Å². The van der Waals surface area contributed by atoms with Gasteiger partial charge in [0, 0.05) is 6.42 Å². The van der Waals surface area contributed by atoms with E-state index in [9.17, 15) is 4.79 Å². The van der Waals surface area contributed by atoms with Crippen molar-refractivity contribution in [2.45, 2.75) is 57.4 Å². The zero-order valence-corrected chi connectivity index (χ0v) is 15.5. The molecule has 5 heteroatoms. The van der Waals surface area contributed by atoms with Gasteiger partial charge in [0.25, 0.3) is 0 Å². The first-order chi connectivity index (χ1) is 12.7. The van der Waals surface area contributed by atoms with Crippen molar-refractivity contribution >= 4 is 5.91 Å². The van der Waals surface area contributed by atoms with Gasteiger partial charge in [-0.1, -0.05) is 25.3 Å². The molecule has 0 bridgehead atoms. The quantitative estimate of drug-likeness (QED) is 0.818. The van der Waals surface area contributed by atoms with Crippen molar-refractivity contribution in [3.8, 4) is 11.5 Å². The minimum Gasteiger partial charge on any atom is -0.486 e. The summed E-state index contributed by atoms with van der Waals surface area (Å²) in [4.78, 5) is 12.9. The Hall–Kier alpha value is -1.75. The van der Waals surface area contributed by atoms with Crippen LogP contribution in [0, 0.1) is 11.3 Å². The van der Waals surface area contributed by atoms with Crippen LogP contribution in [0.2, 0.25) is 0 Å². The normalized spacial score (nSPS) is 22.5. The highest BCUT2D eigenvalue weighted by atomic mass is 16.6. The summed E-state index contributed by atoms with van der Waals surface area (Å²) in [6.07, 6.45) is 8.70. The Morgan fingerprint density at radius 1 is 1.15 bits per heavy atom. The largest absolute Gasteiger partial charge is 0.486 e. The first-order valence-corrected chi connectivity index (χ1v) is 10.1. The fourth-order valence-corrected chi connectivity index (χ4v) is 4.48. The zero-order chi connectivity index (χ0) is 18.0. The minimum absolute atomic E-state index is 0.00321. The van der Waals surface area contributed by atoms with Crippen molar-refractivity contribution in [3.05, 3.63) is 23.8 Å². The standard InChI is InChI=1S/C21H30N2O3/c22-14-21(8-2-1-3-9-21)13-19(24)23-20(15-4-5-15)16-6-7-17-18(12-16)26-11-10-25-17/h6-7,12,15,20H,1-5,8-11,13-14,22H2,(H,23,24). The van der Waals surface area contributed by atoms with E-state index in [1.807, 2.05) is 12.1 Å². The monoisotopic (exact) mass is 358 g/mol. The Labute approximate surface area is 155 Å². The third-order valence-electron chi connectivity index (χ3n) is 6.22. The zero-order valence-electron chi connectivity index (χ0n) is 15.5. The Balaban J connectivity index is 1.46. The lowest BCUT2D eigenvalue weighted by Gasteiger charge is -2.36. The number of carbonyl (C=O) groups is 1. The van der Waals surface area contributed by atoms with Crippen molar-refractivity contribution in [1.82, 2.24) is 5.32 Å². The van der Waals surface area contributed by atoms with E-state index in [2.05, 4.69) is 11.4 Å². The fraction of sp³-hybridized carbons (Fsp3) is 0.667. The second kappa shape index (κ2) is 7.47. The van der Waals surface area contributed by atoms with Crippen molar-refractivity contribution in [3.63, 3.8) is 0 Å². The predicted molar refractivity (Wildman–Crippen MR) is 100 cm³/mol. The summed E-state index contributed by atoms with van der Waals surface area (Å²) in [6.45, 7) is 1.78. The van der Waals surface area contributed by atoms with E-state index < -0.39 is 0 Å². The molecule has 2 fully saturated rings. The van der Waals surface area contributed by atoms with Crippen molar-refractivity contribution in [2.24, 2.45) is 17.1 Å². The molecule has 0 aromatic heterocycles. The Bertz CT molecular complexity index is 651. The molecular weight excluding hydrogens is 328 g/mol. The maximum atomic E-state index is 12.9. The Morgan fingerprint density at radius 3 is 2.58 bits per heavy atom. The molecule has 2 saturated carbocycles. The lowest BCUT2D eigenvalue weighted by atomic mass is 9.71. The molecule has 1 aliphatic heterocycles.